The first-order chi connectivity index (χ1) is 15.1. The van der Waals surface area contributed by atoms with Gasteiger partial charge in [0.25, 0.3) is 5.91 Å². The van der Waals surface area contributed by atoms with Crippen LogP contribution in [0.15, 0.2) is 67.0 Å². The molecule has 6 heteroatoms. The van der Waals surface area contributed by atoms with Crippen LogP contribution in [-0.2, 0) is 13.1 Å². The zero-order valence-electron chi connectivity index (χ0n) is 17.3. The summed E-state index contributed by atoms with van der Waals surface area (Å²) in [5.41, 5.74) is 2.86. The number of carbonyl (C=O) groups excluding carboxylic acids is 1. The SMILES string of the molecule is CC.O=C1c2cccnc2CN1Cc1c(F)cc(-c2cccc3ncccc23)cc1F. The molecule has 5 rings (SSSR count). The molecule has 0 aliphatic carbocycles. The Morgan fingerprint density at radius 3 is 2.32 bits per heavy atom. The van der Waals surface area contributed by atoms with E-state index < -0.39 is 11.6 Å². The second-order valence-corrected chi connectivity index (χ2v) is 6.95. The third kappa shape index (κ3) is 3.77. The zero-order chi connectivity index (χ0) is 22.0. The second-order valence-electron chi connectivity index (χ2n) is 6.95. The van der Waals surface area contributed by atoms with E-state index in [1.165, 1.54) is 17.0 Å². The minimum absolute atomic E-state index is 0.131. The van der Waals surface area contributed by atoms with E-state index in [-0.39, 0.29) is 24.6 Å². The normalized spacial score (nSPS) is 12.5. The minimum atomic E-state index is -0.683. The first kappa shape index (κ1) is 20.6. The molecule has 0 N–H and O–H groups in total. The van der Waals surface area contributed by atoms with Crippen LogP contribution >= 0.6 is 0 Å². The summed E-state index contributed by atoms with van der Waals surface area (Å²) in [5, 5.41) is 0.817. The lowest BCUT2D eigenvalue weighted by Gasteiger charge is -2.17. The molecule has 2 aromatic heterocycles. The highest BCUT2D eigenvalue weighted by atomic mass is 19.1. The first-order valence-corrected chi connectivity index (χ1v) is 10.2. The Morgan fingerprint density at radius 1 is 0.903 bits per heavy atom. The Morgan fingerprint density at radius 2 is 1.58 bits per heavy atom. The molecule has 0 saturated heterocycles. The van der Waals surface area contributed by atoms with Crippen LogP contribution < -0.4 is 0 Å². The molecule has 2 aromatic carbocycles. The Kier molecular flexibility index (Phi) is 5.71. The maximum atomic E-state index is 14.9. The van der Waals surface area contributed by atoms with Gasteiger partial charge in [0.05, 0.1) is 29.9 Å². The molecule has 0 radical (unpaired) electrons. The third-order valence-electron chi connectivity index (χ3n) is 5.20. The highest BCUT2D eigenvalue weighted by Crippen LogP contribution is 2.31. The van der Waals surface area contributed by atoms with Gasteiger partial charge in [0.1, 0.15) is 11.6 Å². The van der Waals surface area contributed by atoms with Gasteiger partial charge < -0.3 is 4.90 Å². The van der Waals surface area contributed by atoms with Crippen molar-refractivity contribution in [1.82, 2.24) is 14.9 Å². The van der Waals surface area contributed by atoms with E-state index in [1.54, 1.807) is 30.6 Å². The number of rotatable bonds is 3. The lowest BCUT2D eigenvalue weighted by molar-refractivity contribution is 0.0763. The predicted molar refractivity (Wildman–Crippen MR) is 116 cm³/mol. The van der Waals surface area contributed by atoms with Crippen LogP contribution in [0.25, 0.3) is 22.0 Å². The largest absolute Gasteiger partial charge is 0.328 e. The summed E-state index contributed by atoms with van der Waals surface area (Å²) in [6.45, 7) is 4.09. The highest BCUT2D eigenvalue weighted by Gasteiger charge is 2.29. The van der Waals surface area contributed by atoms with Crippen LogP contribution in [0.5, 0.6) is 0 Å². The van der Waals surface area contributed by atoms with E-state index in [2.05, 4.69) is 9.97 Å². The van der Waals surface area contributed by atoms with Crippen LogP contribution in [0.4, 0.5) is 8.78 Å². The summed E-state index contributed by atoms with van der Waals surface area (Å²) in [7, 11) is 0. The minimum Gasteiger partial charge on any atom is -0.328 e. The molecule has 1 amide bonds. The number of benzene rings is 2. The van der Waals surface area contributed by atoms with Crippen LogP contribution in [0.2, 0.25) is 0 Å². The monoisotopic (exact) mass is 417 g/mol. The second kappa shape index (κ2) is 8.60. The van der Waals surface area contributed by atoms with E-state index in [1.807, 2.05) is 38.1 Å². The quantitative estimate of drug-likeness (QED) is 0.426. The van der Waals surface area contributed by atoms with Crippen molar-refractivity contribution in [3.63, 3.8) is 0 Å². The molecule has 0 unspecified atom stereocenters. The van der Waals surface area contributed by atoms with E-state index in [0.29, 0.717) is 22.4 Å². The van der Waals surface area contributed by atoms with Crippen LogP contribution in [0.1, 0.15) is 35.5 Å². The molecule has 4 aromatic rings. The molecule has 0 spiro atoms. The smallest absolute Gasteiger partial charge is 0.256 e. The molecule has 3 heterocycles. The van der Waals surface area contributed by atoms with Crippen molar-refractivity contribution < 1.29 is 13.6 Å². The summed E-state index contributed by atoms with van der Waals surface area (Å²) in [6, 6.07) is 15.1. The predicted octanol–water partition coefficient (Wildman–Crippen LogP) is 5.76. The fraction of sp³-hybridized carbons (Fsp3) is 0.160. The van der Waals surface area contributed by atoms with Gasteiger partial charge in [-0.2, -0.15) is 0 Å². The van der Waals surface area contributed by atoms with Gasteiger partial charge in [-0.1, -0.05) is 32.0 Å². The van der Waals surface area contributed by atoms with Gasteiger partial charge in [0.2, 0.25) is 0 Å². The summed E-state index contributed by atoms with van der Waals surface area (Å²) in [6.07, 6.45) is 3.28. The Balaban J connectivity index is 0.00000112. The van der Waals surface area contributed by atoms with E-state index in [4.69, 9.17) is 0 Å². The number of halogens is 2. The third-order valence-corrected chi connectivity index (χ3v) is 5.20. The Bertz CT molecular complexity index is 1240. The standard InChI is InChI=1S/C23H15F2N3O.C2H6/c24-19-10-14(15-4-1-7-21-16(15)5-2-8-26-21)11-20(25)18(19)12-28-13-22-17(23(28)29)6-3-9-27-22;1-2/h1-11H,12-13H2;1-2H3. The van der Waals surface area contributed by atoms with Crippen molar-refractivity contribution >= 4 is 16.8 Å². The van der Waals surface area contributed by atoms with Gasteiger partial charge in [-0.15, -0.1) is 0 Å². The van der Waals surface area contributed by atoms with Crippen LogP contribution in [-0.4, -0.2) is 20.8 Å². The van der Waals surface area contributed by atoms with E-state index in [0.717, 1.165) is 10.9 Å². The summed E-state index contributed by atoms with van der Waals surface area (Å²) < 4.78 is 29.8. The maximum Gasteiger partial charge on any atom is 0.256 e. The van der Waals surface area contributed by atoms with Crippen molar-refractivity contribution in [3.05, 3.63) is 95.4 Å². The Labute approximate surface area is 179 Å². The highest BCUT2D eigenvalue weighted by molar-refractivity contribution is 5.97. The molecular formula is C25H21F2N3O. The summed E-state index contributed by atoms with van der Waals surface area (Å²) >= 11 is 0. The molecule has 156 valence electrons. The summed E-state index contributed by atoms with van der Waals surface area (Å²) in [4.78, 5) is 22.4. The topological polar surface area (TPSA) is 46.1 Å². The van der Waals surface area contributed by atoms with Gasteiger partial charge in [-0.05, 0) is 47.5 Å². The van der Waals surface area contributed by atoms with Crippen molar-refractivity contribution in [2.45, 2.75) is 26.9 Å². The lowest BCUT2D eigenvalue weighted by atomic mass is 9.98. The molecule has 0 saturated carbocycles. The van der Waals surface area contributed by atoms with Gasteiger partial charge in [-0.25, -0.2) is 8.78 Å². The number of amides is 1. The maximum absolute atomic E-state index is 14.9. The molecule has 4 nitrogen and oxygen atoms in total. The number of aromatic nitrogens is 2. The molecule has 0 bridgehead atoms. The molecular weight excluding hydrogens is 396 g/mol. The average Bonchev–Trinajstić information content (AvgIpc) is 3.12. The van der Waals surface area contributed by atoms with Gasteiger partial charge in [0, 0.05) is 23.3 Å². The van der Waals surface area contributed by atoms with Gasteiger partial charge >= 0.3 is 0 Å². The van der Waals surface area contributed by atoms with Crippen molar-refractivity contribution in [2.75, 3.05) is 0 Å². The first-order valence-electron chi connectivity index (χ1n) is 10.2. The molecule has 31 heavy (non-hydrogen) atoms. The average molecular weight is 417 g/mol. The van der Waals surface area contributed by atoms with Crippen molar-refractivity contribution in [3.8, 4) is 11.1 Å². The molecule has 1 aliphatic heterocycles. The number of hydrogen-bond donors (Lipinski definition) is 0. The number of pyridine rings is 2. The number of fused-ring (bicyclic) bond motifs is 2. The fourth-order valence-corrected chi connectivity index (χ4v) is 3.76. The van der Waals surface area contributed by atoms with Crippen LogP contribution in [0.3, 0.4) is 0 Å². The van der Waals surface area contributed by atoms with E-state index in [9.17, 15) is 13.6 Å². The Hall–Kier alpha value is -3.67. The number of nitrogens with zero attached hydrogens (tertiary/aromatic N) is 3. The molecule has 0 atom stereocenters. The fourth-order valence-electron chi connectivity index (χ4n) is 3.76. The summed E-state index contributed by atoms with van der Waals surface area (Å²) in [5.74, 6) is -1.63. The van der Waals surface area contributed by atoms with E-state index >= 15 is 0 Å². The number of carbonyl (C=O) groups is 1. The van der Waals surface area contributed by atoms with Gasteiger partial charge in [0.15, 0.2) is 0 Å². The lowest BCUT2D eigenvalue weighted by Crippen LogP contribution is -2.24. The van der Waals surface area contributed by atoms with Crippen LogP contribution in [0, 0.1) is 11.6 Å². The van der Waals surface area contributed by atoms with Crippen molar-refractivity contribution in [1.29, 1.82) is 0 Å². The molecule has 0 fully saturated rings. The van der Waals surface area contributed by atoms with Gasteiger partial charge in [-0.3, -0.25) is 14.8 Å². The molecule has 1 aliphatic rings. The number of hydrogen-bond acceptors (Lipinski definition) is 3. The zero-order valence-corrected chi connectivity index (χ0v) is 17.3. The van der Waals surface area contributed by atoms with Crippen molar-refractivity contribution in [2.24, 2.45) is 0 Å².